The van der Waals surface area contributed by atoms with E-state index in [9.17, 15) is 9.59 Å². The highest BCUT2D eigenvalue weighted by Gasteiger charge is 2.17. The van der Waals surface area contributed by atoms with E-state index in [-0.39, 0.29) is 5.69 Å². The molecule has 0 aliphatic rings. The molecular weight excluding hydrogens is 420 g/mol. The summed E-state index contributed by atoms with van der Waals surface area (Å²) in [5.41, 5.74) is 1.84. The maximum absolute atomic E-state index is 12.7. The van der Waals surface area contributed by atoms with E-state index in [4.69, 9.17) is 11.6 Å². The molecule has 0 saturated carbocycles. The van der Waals surface area contributed by atoms with Crippen LogP contribution in [-0.4, -0.2) is 20.7 Å². The fraction of sp³-hybridized carbons (Fsp3) is 0.0909. The lowest BCUT2D eigenvalue weighted by Gasteiger charge is -2.10. The van der Waals surface area contributed by atoms with E-state index in [1.54, 1.807) is 17.8 Å². The van der Waals surface area contributed by atoms with Gasteiger partial charge in [-0.3, -0.25) is 14.9 Å². The maximum Gasteiger partial charge on any atom is 0.281 e. The Hall–Kier alpha value is -3.29. The molecule has 4 aromatic rings. The number of aryl methyl sites for hydroxylation is 1. The minimum Gasteiger partial charge on any atom is -0.296 e. The molecule has 0 atom stereocenters. The number of halogens is 1. The topological polar surface area (TPSA) is 76.9 Å². The largest absolute Gasteiger partial charge is 0.296 e. The van der Waals surface area contributed by atoms with Crippen LogP contribution in [0, 0.1) is 6.92 Å². The summed E-state index contributed by atoms with van der Waals surface area (Å²) >= 11 is 7.37. The zero-order valence-electron chi connectivity index (χ0n) is 16.0. The molecule has 30 heavy (non-hydrogen) atoms. The van der Waals surface area contributed by atoms with Gasteiger partial charge in [-0.2, -0.15) is 5.10 Å². The summed E-state index contributed by atoms with van der Waals surface area (Å²) < 4.78 is 1.57. The van der Waals surface area contributed by atoms with E-state index in [0.29, 0.717) is 22.3 Å². The molecule has 2 aromatic carbocycles. The number of benzene rings is 2. The second-order valence-corrected chi connectivity index (χ2v) is 8.19. The lowest BCUT2D eigenvalue weighted by atomic mass is 10.1. The van der Waals surface area contributed by atoms with Gasteiger partial charge in [0.2, 0.25) is 5.43 Å². The standard InChI is InChI=1S/C22H17ClN4O2S/c1-14-10-19(28)20(26-27(14)17-8-3-2-4-9-17)21(29)25-22-24-13-18(30-22)12-15-6-5-7-16(23)11-15/h2-11,13H,12H2,1H3,(H,24,25,29). The van der Waals surface area contributed by atoms with Crippen molar-refractivity contribution in [3.05, 3.63) is 104 Å². The minimum absolute atomic E-state index is 0.184. The predicted molar refractivity (Wildman–Crippen MR) is 119 cm³/mol. The Morgan fingerprint density at radius 2 is 1.93 bits per heavy atom. The molecule has 0 aliphatic heterocycles. The third-order valence-corrected chi connectivity index (χ3v) is 5.51. The first-order valence-corrected chi connectivity index (χ1v) is 10.4. The van der Waals surface area contributed by atoms with Crippen molar-refractivity contribution in [1.29, 1.82) is 0 Å². The Kier molecular flexibility index (Phi) is 5.74. The fourth-order valence-electron chi connectivity index (χ4n) is 2.99. The molecule has 6 nitrogen and oxygen atoms in total. The summed E-state index contributed by atoms with van der Waals surface area (Å²) in [7, 11) is 0. The van der Waals surface area contributed by atoms with Crippen LogP contribution < -0.4 is 10.7 Å². The number of carbonyl (C=O) groups is 1. The fourth-order valence-corrected chi connectivity index (χ4v) is 4.04. The van der Waals surface area contributed by atoms with Crippen LogP contribution in [0.3, 0.4) is 0 Å². The van der Waals surface area contributed by atoms with Gasteiger partial charge in [0, 0.05) is 34.3 Å². The van der Waals surface area contributed by atoms with Crippen LogP contribution in [0.5, 0.6) is 0 Å². The highest BCUT2D eigenvalue weighted by molar-refractivity contribution is 7.15. The molecule has 1 amide bonds. The van der Waals surface area contributed by atoms with Gasteiger partial charge in [0.15, 0.2) is 10.8 Å². The number of hydrogen-bond donors (Lipinski definition) is 1. The van der Waals surface area contributed by atoms with Gasteiger partial charge < -0.3 is 0 Å². The van der Waals surface area contributed by atoms with E-state index < -0.39 is 11.3 Å². The second kappa shape index (κ2) is 8.61. The number of para-hydroxylation sites is 1. The number of rotatable bonds is 5. The second-order valence-electron chi connectivity index (χ2n) is 6.64. The number of carbonyl (C=O) groups excluding carboxylic acids is 1. The number of nitrogens with zero attached hydrogens (tertiary/aromatic N) is 3. The average molecular weight is 437 g/mol. The van der Waals surface area contributed by atoms with E-state index in [1.807, 2.05) is 54.6 Å². The molecule has 0 spiro atoms. The first-order chi connectivity index (χ1) is 14.5. The molecule has 0 bridgehead atoms. The summed E-state index contributed by atoms with van der Waals surface area (Å²) in [6, 6.07) is 18.3. The summed E-state index contributed by atoms with van der Waals surface area (Å²) in [4.78, 5) is 30.3. The molecule has 0 saturated heterocycles. The van der Waals surface area contributed by atoms with Crippen molar-refractivity contribution >= 4 is 34.0 Å². The molecule has 4 rings (SSSR count). The number of anilines is 1. The van der Waals surface area contributed by atoms with Crippen LogP contribution in [0.25, 0.3) is 5.69 Å². The first kappa shape index (κ1) is 20.0. The van der Waals surface area contributed by atoms with E-state index >= 15 is 0 Å². The third kappa shape index (κ3) is 4.48. The summed E-state index contributed by atoms with van der Waals surface area (Å²) in [5.74, 6) is -0.590. The SMILES string of the molecule is Cc1cc(=O)c(C(=O)Nc2ncc(Cc3cccc(Cl)c3)s2)nn1-c1ccccc1. The smallest absolute Gasteiger partial charge is 0.281 e. The summed E-state index contributed by atoms with van der Waals surface area (Å²) in [5, 5.41) is 8.04. The Morgan fingerprint density at radius 1 is 1.13 bits per heavy atom. The zero-order chi connectivity index (χ0) is 21.1. The van der Waals surface area contributed by atoms with Crippen molar-refractivity contribution in [2.45, 2.75) is 13.3 Å². The lowest BCUT2D eigenvalue weighted by Crippen LogP contribution is -2.26. The van der Waals surface area contributed by atoms with Crippen LogP contribution >= 0.6 is 22.9 Å². The quantitative estimate of drug-likeness (QED) is 0.500. The minimum atomic E-state index is -0.590. The molecule has 0 aliphatic carbocycles. The lowest BCUT2D eigenvalue weighted by molar-refractivity contribution is 0.101. The molecule has 2 heterocycles. The van der Waals surface area contributed by atoms with Gasteiger partial charge in [-0.1, -0.05) is 41.9 Å². The van der Waals surface area contributed by atoms with Gasteiger partial charge in [0.25, 0.3) is 5.91 Å². The number of thiazole rings is 1. The van der Waals surface area contributed by atoms with Gasteiger partial charge in [0.05, 0.1) is 5.69 Å². The number of aromatic nitrogens is 3. The van der Waals surface area contributed by atoms with Gasteiger partial charge in [0.1, 0.15) is 0 Å². The van der Waals surface area contributed by atoms with Gasteiger partial charge in [-0.25, -0.2) is 9.67 Å². The predicted octanol–water partition coefficient (Wildman–Crippen LogP) is 4.49. The van der Waals surface area contributed by atoms with E-state index in [0.717, 1.165) is 16.1 Å². The van der Waals surface area contributed by atoms with Gasteiger partial charge in [-0.15, -0.1) is 11.3 Å². The van der Waals surface area contributed by atoms with Crippen molar-refractivity contribution in [2.75, 3.05) is 5.32 Å². The Balaban J connectivity index is 1.55. The molecule has 0 radical (unpaired) electrons. The molecule has 8 heteroatoms. The monoisotopic (exact) mass is 436 g/mol. The van der Waals surface area contributed by atoms with Crippen molar-refractivity contribution in [1.82, 2.24) is 14.8 Å². The van der Waals surface area contributed by atoms with Crippen LogP contribution in [0.4, 0.5) is 5.13 Å². The zero-order valence-corrected chi connectivity index (χ0v) is 17.6. The summed E-state index contributed by atoms with van der Waals surface area (Å²) in [6.45, 7) is 1.77. The van der Waals surface area contributed by atoms with Crippen LogP contribution in [0.1, 0.15) is 26.6 Å². The highest BCUT2D eigenvalue weighted by Crippen LogP contribution is 2.22. The van der Waals surface area contributed by atoms with Gasteiger partial charge in [-0.05, 0) is 36.8 Å². The number of nitrogens with one attached hydrogen (secondary N) is 1. The summed E-state index contributed by atoms with van der Waals surface area (Å²) in [6.07, 6.45) is 2.35. The van der Waals surface area contributed by atoms with E-state index in [2.05, 4.69) is 15.4 Å². The molecule has 1 N–H and O–H groups in total. The maximum atomic E-state index is 12.7. The molecule has 0 unspecified atom stereocenters. The molecule has 0 fully saturated rings. The van der Waals surface area contributed by atoms with Crippen LogP contribution in [0.15, 0.2) is 71.7 Å². The first-order valence-electron chi connectivity index (χ1n) is 9.16. The number of hydrogen-bond acceptors (Lipinski definition) is 5. The van der Waals surface area contributed by atoms with Crippen molar-refractivity contribution in [3.63, 3.8) is 0 Å². The average Bonchev–Trinajstić information content (AvgIpc) is 3.15. The van der Waals surface area contributed by atoms with Crippen LogP contribution in [-0.2, 0) is 6.42 Å². The number of amides is 1. The molecule has 2 aromatic heterocycles. The van der Waals surface area contributed by atoms with Crippen molar-refractivity contribution in [3.8, 4) is 5.69 Å². The van der Waals surface area contributed by atoms with Crippen LogP contribution in [0.2, 0.25) is 5.02 Å². The Bertz CT molecular complexity index is 1270. The van der Waals surface area contributed by atoms with Crippen molar-refractivity contribution in [2.24, 2.45) is 0 Å². The highest BCUT2D eigenvalue weighted by atomic mass is 35.5. The van der Waals surface area contributed by atoms with Gasteiger partial charge >= 0.3 is 0 Å². The van der Waals surface area contributed by atoms with Crippen molar-refractivity contribution < 1.29 is 4.79 Å². The Morgan fingerprint density at radius 3 is 2.70 bits per heavy atom. The molecular formula is C22H17ClN4O2S. The Labute approximate surface area is 181 Å². The third-order valence-electron chi connectivity index (χ3n) is 4.36. The normalized spacial score (nSPS) is 10.7. The molecule has 150 valence electrons. The van der Waals surface area contributed by atoms with E-state index in [1.165, 1.54) is 17.4 Å².